The zero-order valence-electron chi connectivity index (χ0n) is 18.6. The third-order valence-electron chi connectivity index (χ3n) is 5.93. The summed E-state index contributed by atoms with van der Waals surface area (Å²) in [5.74, 6) is -0.520. The maximum atomic E-state index is 12.9. The number of aryl methyl sites for hydroxylation is 1. The number of aromatic nitrogens is 1. The molecule has 0 fully saturated rings. The number of H-pyrrole nitrogens is 1. The summed E-state index contributed by atoms with van der Waals surface area (Å²) in [6.07, 6.45) is 0.436. The molecule has 166 valence electrons. The summed E-state index contributed by atoms with van der Waals surface area (Å²) < 4.78 is 0. The van der Waals surface area contributed by atoms with E-state index >= 15 is 0 Å². The largest absolute Gasteiger partial charge is 0.374 e. The van der Waals surface area contributed by atoms with Crippen LogP contribution in [-0.2, 0) is 4.79 Å². The van der Waals surface area contributed by atoms with Crippen LogP contribution in [0.3, 0.4) is 0 Å². The molecule has 0 saturated heterocycles. The minimum atomic E-state index is -1.25. The van der Waals surface area contributed by atoms with Gasteiger partial charge in [-0.2, -0.15) is 5.26 Å². The lowest BCUT2D eigenvalue weighted by Gasteiger charge is -2.14. The van der Waals surface area contributed by atoms with Crippen LogP contribution in [0, 0.1) is 25.2 Å². The molecule has 1 aliphatic heterocycles. The Morgan fingerprint density at radius 3 is 2.61 bits per heavy atom. The van der Waals surface area contributed by atoms with E-state index in [4.69, 9.17) is 5.26 Å². The van der Waals surface area contributed by atoms with Crippen molar-refractivity contribution < 1.29 is 14.7 Å². The minimum absolute atomic E-state index is 0.170. The number of nitrogens with one attached hydrogen (secondary N) is 3. The Bertz CT molecular complexity index is 1320. The fraction of sp³-hybridized carbons (Fsp3) is 0.192. The van der Waals surface area contributed by atoms with Crippen molar-refractivity contribution in [3.05, 3.63) is 87.7 Å². The number of hydrogen-bond acceptors (Lipinski definition) is 4. The number of aliphatic hydroxyl groups is 1. The first kappa shape index (κ1) is 22.1. The number of benzene rings is 2. The van der Waals surface area contributed by atoms with E-state index in [0.29, 0.717) is 44.9 Å². The molecule has 0 bridgehead atoms. The van der Waals surface area contributed by atoms with Crippen LogP contribution in [0.1, 0.15) is 63.1 Å². The average molecular weight is 441 g/mol. The molecular formula is C26H24N4O3. The lowest BCUT2D eigenvalue weighted by atomic mass is 10.0. The lowest BCUT2D eigenvalue weighted by molar-refractivity contribution is -0.110. The zero-order valence-corrected chi connectivity index (χ0v) is 18.6. The van der Waals surface area contributed by atoms with Crippen LogP contribution in [-0.4, -0.2) is 21.9 Å². The quantitative estimate of drug-likeness (QED) is 0.352. The smallest absolute Gasteiger partial charge is 0.256 e. The first-order valence-electron chi connectivity index (χ1n) is 10.6. The number of aliphatic hydroxyl groups excluding tert-OH is 1. The van der Waals surface area contributed by atoms with Gasteiger partial charge in [0.2, 0.25) is 0 Å². The monoisotopic (exact) mass is 440 g/mol. The van der Waals surface area contributed by atoms with Gasteiger partial charge in [0.05, 0.1) is 17.7 Å². The average Bonchev–Trinajstić information content (AvgIpc) is 3.28. The van der Waals surface area contributed by atoms with Crippen LogP contribution in [0.15, 0.2) is 48.5 Å². The topological polar surface area (TPSA) is 118 Å². The molecule has 1 aliphatic rings. The van der Waals surface area contributed by atoms with Crippen molar-refractivity contribution in [3.8, 4) is 6.07 Å². The van der Waals surface area contributed by atoms with Crippen molar-refractivity contribution in [2.45, 2.75) is 32.9 Å². The zero-order chi connectivity index (χ0) is 23.7. The summed E-state index contributed by atoms with van der Waals surface area (Å²) in [4.78, 5) is 28.7. The number of nitrogens with zero attached hydrogens (tertiary/aromatic N) is 1. The molecule has 2 amide bonds. The van der Waals surface area contributed by atoms with E-state index in [-0.39, 0.29) is 17.9 Å². The van der Waals surface area contributed by atoms with E-state index in [1.54, 1.807) is 38.1 Å². The highest BCUT2D eigenvalue weighted by Crippen LogP contribution is 2.35. The number of carbonyl (C=O) groups is 2. The molecule has 2 unspecified atom stereocenters. The Kier molecular flexibility index (Phi) is 5.86. The summed E-state index contributed by atoms with van der Waals surface area (Å²) in [7, 11) is 0. The standard InChI is InChI=1S/C26H24N4O3/c1-14-22(28-16(3)24(14)23(31)13-27)12-20-19-11-18(9-10-21(19)30-26(20)33)25(32)29-15(2)17-7-5-4-6-8-17/h4-12,15,23,28,31H,1-3H3,(H,29,32)(H,30,33)/b20-12-. The number of hydrogen-bond donors (Lipinski definition) is 4. The number of anilines is 1. The Balaban J connectivity index is 1.65. The van der Waals surface area contributed by atoms with Gasteiger partial charge in [-0.3, -0.25) is 9.59 Å². The van der Waals surface area contributed by atoms with E-state index < -0.39 is 6.10 Å². The van der Waals surface area contributed by atoms with Crippen molar-refractivity contribution >= 4 is 29.2 Å². The van der Waals surface area contributed by atoms with Crippen molar-refractivity contribution in [1.82, 2.24) is 10.3 Å². The predicted octanol–water partition coefficient (Wildman–Crippen LogP) is 4.17. The highest BCUT2D eigenvalue weighted by Gasteiger charge is 2.27. The lowest BCUT2D eigenvalue weighted by Crippen LogP contribution is -2.26. The predicted molar refractivity (Wildman–Crippen MR) is 126 cm³/mol. The Labute approximate surface area is 191 Å². The maximum Gasteiger partial charge on any atom is 0.256 e. The van der Waals surface area contributed by atoms with Gasteiger partial charge in [0.25, 0.3) is 11.8 Å². The van der Waals surface area contributed by atoms with Gasteiger partial charge in [-0.15, -0.1) is 0 Å². The van der Waals surface area contributed by atoms with Crippen molar-refractivity contribution in [1.29, 1.82) is 5.26 Å². The summed E-state index contributed by atoms with van der Waals surface area (Å²) in [5, 5.41) is 24.9. The number of aromatic amines is 1. The molecule has 33 heavy (non-hydrogen) atoms. The molecule has 7 heteroatoms. The molecule has 2 atom stereocenters. The van der Waals surface area contributed by atoms with Crippen LogP contribution in [0.25, 0.3) is 11.6 Å². The summed E-state index contributed by atoms with van der Waals surface area (Å²) in [6.45, 7) is 5.47. The van der Waals surface area contributed by atoms with E-state index in [9.17, 15) is 14.7 Å². The second-order valence-electron chi connectivity index (χ2n) is 8.11. The van der Waals surface area contributed by atoms with Gasteiger partial charge >= 0.3 is 0 Å². The molecule has 0 aliphatic carbocycles. The normalized spacial score (nSPS) is 15.5. The van der Waals surface area contributed by atoms with Gasteiger partial charge in [-0.1, -0.05) is 30.3 Å². The molecule has 0 radical (unpaired) electrons. The molecule has 3 aromatic rings. The van der Waals surface area contributed by atoms with Gasteiger partial charge < -0.3 is 20.7 Å². The number of carbonyl (C=O) groups excluding carboxylic acids is 2. The minimum Gasteiger partial charge on any atom is -0.374 e. The van der Waals surface area contributed by atoms with Crippen molar-refractivity contribution in [2.75, 3.05) is 5.32 Å². The third-order valence-corrected chi connectivity index (χ3v) is 5.93. The van der Waals surface area contributed by atoms with Crippen LogP contribution in [0.2, 0.25) is 0 Å². The second kappa shape index (κ2) is 8.77. The molecule has 0 saturated carbocycles. The molecule has 2 heterocycles. The Hall–Kier alpha value is -4.15. The molecule has 4 rings (SSSR count). The Morgan fingerprint density at radius 1 is 1.18 bits per heavy atom. The van der Waals surface area contributed by atoms with Crippen molar-refractivity contribution in [2.24, 2.45) is 0 Å². The molecule has 0 spiro atoms. The van der Waals surface area contributed by atoms with Crippen LogP contribution >= 0.6 is 0 Å². The van der Waals surface area contributed by atoms with Gasteiger partial charge in [-0.05, 0) is 56.2 Å². The summed E-state index contributed by atoms with van der Waals surface area (Å²) in [6, 6.07) is 16.4. The van der Waals surface area contributed by atoms with Gasteiger partial charge in [-0.25, -0.2) is 0 Å². The molecular weight excluding hydrogens is 416 g/mol. The number of amides is 2. The molecule has 4 N–H and O–H groups in total. The van der Waals surface area contributed by atoms with E-state index in [2.05, 4.69) is 15.6 Å². The number of fused-ring (bicyclic) bond motifs is 1. The maximum absolute atomic E-state index is 12.9. The van der Waals surface area contributed by atoms with Crippen LogP contribution < -0.4 is 10.6 Å². The highest BCUT2D eigenvalue weighted by atomic mass is 16.3. The van der Waals surface area contributed by atoms with Crippen LogP contribution in [0.4, 0.5) is 5.69 Å². The fourth-order valence-corrected chi connectivity index (χ4v) is 4.13. The molecule has 1 aromatic heterocycles. The SMILES string of the molecule is Cc1[nH]c(/C=C2\C(=O)Nc3ccc(C(=O)NC(C)c4ccccc4)cc32)c(C)c1C(O)C#N. The van der Waals surface area contributed by atoms with Crippen molar-refractivity contribution in [3.63, 3.8) is 0 Å². The highest BCUT2D eigenvalue weighted by molar-refractivity contribution is 6.35. The van der Waals surface area contributed by atoms with E-state index in [0.717, 1.165) is 5.56 Å². The Morgan fingerprint density at radius 2 is 1.91 bits per heavy atom. The summed E-state index contributed by atoms with van der Waals surface area (Å²) >= 11 is 0. The van der Waals surface area contributed by atoms with E-state index in [1.165, 1.54) is 0 Å². The number of nitriles is 1. The third kappa shape index (κ3) is 4.16. The summed E-state index contributed by atoms with van der Waals surface area (Å²) in [5.41, 5.74) is 5.57. The van der Waals surface area contributed by atoms with Gasteiger partial charge in [0.15, 0.2) is 6.10 Å². The number of rotatable bonds is 5. The first-order chi connectivity index (χ1) is 15.8. The molecule has 2 aromatic carbocycles. The second-order valence-corrected chi connectivity index (χ2v) is 8.11. The van der Waals surface area contributed by atoms with Gasteiger partial charge in [0.1, 0.15) is 0 Å². The van der Waals surface area contributed by atoms with E-state index in [1.807, 2.05) is 43.3 Å². The van der Waals surface area contributed by atoms with Gasteiger partial charge in [0, 0.05) is 33.8 Å². The molecule has 7 nitrogen and oxygen atoms in total. The fourth-order valence-electron chi connectivity index (χ4n) is 4.13. The van der Waals surface area contributed by atoms with Crippen LogP contribution in [0.5, 0.6) is 0 Å². The first-order valence-corrected chi connectivity index (χ1v) is 10.6.